The quantitative estimate of drug-likeness (QED) is 0.616. The number of fused-ring (bicyclic) bond motifs is 3. The lowest BCUT2D eigenvalue weighted by molar-refractivity contribution is -0.143. The van der Waals surface area contributed by atoms with E-state index < -0.39 is 24.0 Å². The first kappa shape index (κ1) is 21.9. The van der Waals surface area contributed by atoms with Crippen LogP contribution in [-0.4, -0.2) is 42.3 Å². The summed E-state index contributed by atoms with van der Waals surface area (Å²) >= 11 is 0. The highest BCUT2D eigenvalue weighted by Gasteiger charge is 2.33. The largest absolute Gasteiger partial charge is 0.481 e. The van der Waals surface area contributed by atoms with E-state index in [-0.39, 0.29) is 24.3 Å². The van der Waals surface area contributed by atoms with Crippen molar-refractivity contribution in [3.8, 4) is 11.1 Å². The fourth-order valence-corrected chi connectivity index (χ4v) is 4.87. The molecule has 2 aliphatic rings. The van der Waals surface area contributed by atoms with Crippen molar-refractivity contribution < 1.29 is 24.2 Å². The second-order valence-electron chi connectivity index (χ2n) is 8.57. The molecule has 3 atom stereocenters. The SMILES string of the molecule is CC(NC(=O)OCC1c2ccccc2-c2ccccc21)C(=O)NC[C@H]1CCC[C@H]1C(=O)O. The molecule has 2 aromatic rings. The molecule has 0 spiro atoms. The van der Waals surface area contributed by atoms with Crippen LogP contribution in [0.4, 0.5) is 4.79 Å². The van der Waals surface area contributed by atoms with E-state index in [1.165, 1.54) is 0 Å². The molecule has 1 saturated carbocycles. The molecule has 2 amide bonds. The number of amides is 2. The van der Waals surface area contributed by atoms with Gasteiger partial charge in [0.25, 0.3) is 0 Å². The Labute approximate surface area is 187 Å². The number of hydrogen-bond acceptors (Lipinski definition) is 4. The van der Waals surface area contributed by atoms with Crippen molar-refractivity contribution in [3.05, 3.63) is 59.7 Å². The molecule has 2 aromatic carbocycles. The number of alkyl carbamates (subject to hydrolysis) is 1. The number of carboxylic acid groups (broad SMARTS) is 1. The van der Waals surface area contributed by atoms with E-state index in [9.17, 15) is 19.5 Å². The minimum absolute atomic E-state index is 0.0485. The fraction of sp³-hybridized carbons (Fsp3) is 0.400. The molecule has 2 aliphatic carbocycles. The van der Waals surface area contributed by atoms with E-state index in [1.807, 2.05) is 36.4 Å². The predicted octanol–water partition coefficient (Wildman–Crippen LogP) is 3.53. The van der Waals surface area contributed by atoms with Crippen LogP contribution in [0.2, 0.25) is 0 Å². The first-order valence-corrected chi connectivity index (χ1v) is 11.1. The zero-order valence-electron chi connectivity index (χ0n) is 18.0. The van der Waals surface area contributed by atoms with E-state index in [4.69, 9.17) is 4.74 Å². The van der Waals surface area contributed by atoms with Crippen molar-refractivity contribution >= 4 is 18.0 Å². The van der Waals surface area contributed by atoms with Gasteiger partial charge in [-0.1, -0.05) is 55.0 Å². The Bertz CT molecular complexity index is 975. The highest BCUT2D eigenvalue weighted by molar-refractivity contribution is 5.85. The average Bonchev–Trinajstić information content (AvgIpc) is 3.39. The molecule has 0 saturated heterocycles. The summed E-state index contributed by atoms with van der Waals surface area (Å²) in [7, 11) is 0. The average molecular weight is 437 g/mol. The van der Waals surface area contributed by atoms with Crippen molar-refractivity contribution in [3.63, 3.8) is 0 Å². The fourth-order valence-electron chi connectivity index (χ4n) is 4.87. The number of rotatable bonds is 7. The Morgan fingerprint density at radius 1 is 1.03 bits per heavy atom. The summed E-state index contributed by atoms with van der Waals surface area (Å²) in [4.78, 5) is 36.0. The van der Waals surface area contributed by atoms with Gasteiger partial charge in [-0.25, -0.2) is 4.79 Å². The molecule has 7 nitrogen and oxygen atoms in total. The van der Waals surface area contributed by atoms with Crippen molar-refractivity contribution in [1.82, 2.24) is 10.6 Å². The summed E-state index contributed by atoms with van der Waals surface area (Å²) in [5.41, 5.74) is 4.54. The van der Waals surface area contributed by atoms with Gasteiger partial charge in [0.15, 0.2) is 0 Å². The number of nitrogens with one attached hydrogen (secondary N) is 2. The molecule has 0 heterocycles. The summed E-state index contributed by atoms with van der Waals surface area (Å²) in [6, 6.07) is 15.4. The monoisotopic (exact) mass is 436 g/mol. The van der Waals surface area contributed by atoms with Gasteiger partial charge in [-0.2, -0.15) is 0 Å². The summed E-state index contributed by atoms with van der Waals surface area (Å²) < 4.78 is 5.48. The zero-order chi connectivity index (χ0) is 22.7. The van der Waals surface area contributed by atoms with Crippen LogP contribution in [0.15, 0.2) is 48.5 Å². The Morgan fingerprint density at radius 3 is 2.28 bits per heavy atom. The molecule has 1 unspecified atom stereocenters. The summed E-state index contributed by atoms with van der Waals surface area (Å²) in [5.74, 6) is -1.70. The topological polar surface area (TPSA) is 105 Å². The lowest BCUT2D eigenvalue weighted by atomic mass is 9.96. The van der Waals surface area contributed by atoms with Gasteiger partial charge in [0.05, 0.1) is 5.92 Å². The van der Waals surface area contributed by atoms with Crippen LogP contribution in [0.5, 0.6) is 0 Å². The molecular weight excluding hydrogens is 408 g/mol. The molecule has 0 radical (unpaired) electrons. The number of benzene rings is 2. The normalized spacial score (nSPS) is 20.2. The molecular formula is C25H28N2O5. The van der Waals surface area contributed by atoms with E-state index in [0.29, 0.717) is 13.0 Å². The van der Waals surface area contributed by atoms with Gasteiger partial charge in [-0.3, -0.25) is 9.59 Å². The molecule has 3 N–H and O–H groups in total. The second-order valence-corrected chi connectivity index (χ2v) is 8.57. The lowest BCUT2D eigenvalue weighted by Gasteiger charge is -2.19. The van der Waals surface area contributed by atoms with Crippen LogP contribution in [0, 0.1) is 11.8 Å². The maximum atomic E-state index is 12.4. The van der Waals surface area contributed by atoms with Gasteiger partial charge in [-0.05, 0) is 47.9 Å². The lowest BCUT2D eigenvalue weighted by Crippen LogP contribution is -2.46. The van der Waals surface area contributed by atoms with Gasteiger partial charge in [0.2, 0.25) is 5.91 Å². The van der Waals surface area contributed by atoms with Crippen molar-refractivity contribution in [2.75, 3.05) is 13.2 Å². The minimum atomic E-state index is -0.813. The van der Waals surface area contributed by atoms with Crippen LogP contribution >= 0.6 is 0 Å². The number of carboxylic acids is 1. The number of carbonyl (C=O) groups is 3. The van der Waals surface area contributed by atoms with E-state index >= 15 is 0 Å². The number of ether oxygens (including phenoxy) is 1. The first-order chi connectivity index (χ1) is 15.5. The van der Waals surface area contributed by atoms with E-state index in [0.717, 1.165) is 35.1 Å². The third-order valence-corrected chi connectivity index (χ3v) is 6.59. The molecule has 0 aliphatic heterocycles. The predicted molar refractivity (Wildman–Crippen MR) is 119 cm³/mol. The molecule has 32 heavy (non-hydrogen) atoms. The number of aliphatic carboxylic acids is 1. The smallest absolute Gasteiger partial charge is 0.407 e. The highest BCUT2D eigenvalue weighted by atomic mass is 16.5. The van der Waals surface area contributed by atoms with E-state index in [1.54, 1.807) is 6.92 Å². The Hall–Kier alpha value is -3.35. The van der Waals surface area contributed by atoms with Crippen molar-refractivity contribution in [2.45, 2.75) is 38.1 Å². The maximum Gasteiger partial charge on any atom is 0.407 e. The second kappa shape index (κ2) is 9.42. The highest BCUT2D eigenvalue weighted by Crippen LogP contribution is 2.44. The standard InChI is InChI=1S/C25H28N2O5/c1-15(23(28)26-13-16-7-6-12-17(16)24(29)30)27-25(31)32-14-22-20-10-4-2-8-18(20)19-9-3-5-11-21(19)22/h2-5,8-11,15-17,22H,6-7,12-14H2,1H3,(H,26,28)(H,27,31)(H,29,30)/t15?,16-,17-/m1/s1. The van der Waals surface area contributed by atoms with Gasteiger partial charge in [0, 0.05) is 12.5 Å². The third kappa shape index (κ3) is 4.47. The molecule has 4 rings (SSSR count). The first-order valence-electron chi connectivity index (χ1n) is 11.1. The summed E-state index contributed by atoms with van der Waals surface area (Å²) in [6.45, 7) is 2.06. The molecule has 0 bridgehead atoms. The zero-order valence-corrected chi connectivity index (χ0v) is 18.0. The van der Waals surface area contributed by atoms with Crippen molar-refractivity contribution in [1.29, 1.82) is 0 Å². The number of carbonyl (C=O) groups excluding carboxylic acids is 2. The Kier molecular flexibility index (Phi) is 6.44. The maximum absolute atomic E-state index is 12.4. The van der Waals surface area contributed by atoms with Crippen LogP contribution in [0.25, 0.3) is 11.1 Å². The van der Waals surface area contributed by atoms with Crippen LogP contribution in [0.1, 0.15) is 43.2 Å². The van der Waals surface area contributed by atoms with Crippen LogP contribution in [0.3, 0.4) is 0 Å². The van der Waals surface area contributed by atoms with Gasteiger partial charge >= 0.3 is 12.1 Å². The van der Waals surface area contributed by atoms with Gasteiger partial charge in [-0.15, -0.1) is 0 Å². The van der Waals surface area contributed by atoms with Gasteiger partial charge < -0.3 is 20.5 Å². The van der Waals surface area contributed by atoms with Gasteiger partial charge in [0.1, 0.15) is 12.6 Å². The van der Waals surface area contributed by atoms with Crippen LogP contribution < -0.4 is 10.6 Å². The van der Waals surface area contributed by atoms with Crippen LogP contribution in [-0.2, 0) is 14.3 Å². The van der Waals surface area contributed by atoms with E-state index in [2.05, 4.69) is 22.8 Å². The van der Waals surface area contributed by atoms with Crippen molar-refractivity contribution in [2.24, 2.45) is 11.8 Å². The number of hydrogen-bond donors (Lipinski definition) is 3. The Morgan fingerprint density at radius 2 is 1.66 bits per heavy atom. The molecule has 1 fully saturated rings. The summed E-state index contributed by atoms with van der Waals surface area (Å²) in [5, 5.41) is 14.6. The Balaban J connectivity index is 1.29. The minimum Gasteiger partial charge on any atom is -0.481 e. The third-order valence-electron chi connectivity index (χ3n) is 6.59. The molecule has 168 valence electrons. The summed E-state index contributed by atoms with van der Waals surface area (Å²) in [6.07, 6.45) is 1.62. The molecule has 0 aromatic heterocycles. The molecule has 7 heteroatoms.